The number of Topliss-reactive ketones (excluding diaryl/α,β-unsaturated/α-hetero) is 2. The van der Waals surface area contributed by atoms with Crippen molar-refractivity contribution in [1.82, 2.24) is 14.9 Å². The zero-order valence-corrected chi connectivity index (χ0v) is 54.3. The lowest BCUT2D eigenvalue weighted by atomic mass is 9.61. The molecule has 0 radical (unpaired) electrons. The van der Waals surface area contributed by atoms with E-state index >= 15 is 4.79 Å². The van der Waals surface area contributed by atoms with Gasteiger partial charge >= 0.3 is 5.97 Å². The van der Waals surface area contributed by atoms with Crippen LogP contribution in [0.3, 0.4) is 0 Å². The van der Waals surface area contributed by atoms with E-state index in [1.807, 2.05) is 30.3 Å². The second-order valence-electron chi connectivity index (χ2n) is 27.9. The van der Waals surface area contributed by atoms with E-state index in [1.54, 1.807) is 25.1 Å². The van der Waals surface area contributed by atoms with Crippen LogP contribution in [0.25, 0.3) is 10.8 Å². The van der Waals surface area contributed by atoms with Crippen molar-refractivity contribution in [2.75, 3.05) is 25.1 Å². The topological polar surface area (TPSA) is 196 Å². The Morgan fingerprint density at radius 1 is 0.819 bits per heavy atom. The highest BCUT2D eigenvalue weighted by molar-refractivity contribution is 6.00. The molecule has 5 aliphatic carbocycles. The molecule has 0 saturated heterocycles. The summed E-state index contributed by atoms with van der Waals surface area (Å²) in [5.41, 5.74) is 10.6. The largest absolute Gasteiger partial charge is 0.508 e. The molecule has 7 aromatic rings. The van der Waals surface area contributed by atoms with Crippen molar-refractivity contribution in [3.63, 3.8) is 0 Å². The van der Waals surface area contributed by atoms with Crippen LogP contribution >= 0.6 is 0 Å². The molecule has 4 heterocycles. The van der Waals surface area contributed by atoms with E-state index < -0.39 is 35.0 Å². The number of phenolic OH excluding ortho intramolecular Hbond substituents is 3. The Labute approximate surface area is 550 Å². The summed E-state index contributed by atoms with van der Waals surface area (Å²) in [6, 6.07) is 27.9. The predicted octanol–water partition coefficient (Wildman–Crippen LogP) is 15.2. The molecule has 7 aliphatic rings. The lowest BCUT2D eigenvalue weighted by Crippen LogP contribution is -2.36. The summed E-state index contributed by atoms with van der Waals surface area (Å²) in [5.74, 6) is 7.66. The van der Waals surface area contributed by atoms with Crippen molar-refractivity contribution in [1.29, 1.82) is 0 Å². The highest BCUT2D eigenvalue weighted by atomic mass is 16.5. The fourth-order valence-electron chi connectivity index (χ4n) is 17.5. The third-order valence-corrected chi connectivity index (χ3v) is 22.1. The molecular formula is C80H84N4O10. The predicted molar refractivity (Wildman–Crippen MR) is 363 cm³/mol. The lowest BCUT2D eigenvalue weighted by molar-refractivity contribution is -0.148. The minimum atomic E-state index is -0.800. The number of ether oxygens (including phenoxy) is 3. The number of benzene rings is 5. The minimum Gasteiger partial charge on any atom is -0.508 e. The summed E-state index contributed by atoms with van der Waals surface area (Å²) in [7, 11) is 1.52. The van der Waals surface area contributed by atoms with E-state index in [4.69, 9.17) is 14.2 Å². The number of rotatable bonds is 10. The van der Waals surface area contributed by atoms with Gasteiger partial charge < -0.3 is 54.4 Å². The summed E-state index contributed by atoms with van der Waals surface area (Å²) in [5, 5.41) is 53.5. The number of hydrogen-bond donors (Lipinski definition) is 6. The van der Waals surface area contributed by atoms with Gasteiger partial charge in [-0.3, -0.25) is 14.4 Å². The first-order valence-electron chi connectivity index (χ1n) is 33.7. The van der Waals surface area contributed by atoms with Crippen LogP contribution in [0.1, 0.15) is 178 Å². The van der Waals surface area contributed by atoms with Crippen LogP contribution in [-0.2, 0) is 38.4 Å². The van der Waals surface area contributed by atoms with Gasteiger partial charge in [0.05, 0.1) is 30.9 Å². The first-order chi connectivity index (χ1) is 45.5. The van der Waals surface area contributed by atoms with Crippen LogP contribution < -0.4 is 19.7 Å². The molecule has 2 aromatic heterocycles. The number of aryl methyl sites for hydroxylation is 1. The van der Waals surface area contributed by atoms with Crippen LogP contribution in [-0.4, -0.2) is 73.8 Å². The maximum Gasteiger partial charge on any atom is 0.302 e. The number of H-pyrrole nitrogens is 1. The molecule has 484 valence electrons. The number of aliphatic hydroxyl groups is 1. The number of methoxy groups -OCH3 is 1. The monoisotopic (exact) mass is 1260 g/mol. The van der Waals surface area contributed by atoms with E-state index in [0.29, 0.717) is 56.5 Å². The first-order valence-corrected chi connectivity index (χ1v) is 33.7. The van der Waals surface area contributed by atoms with Crippen LogP contribution in [0.5, 0.6) is 34.5 Å². The molecule has 6 N–H and O–H groups in total. The Kier molecular flexibility index (Phi) is 16.7. The van der Waals surface area contributed by atoms with E-state index in [-0.39, 0.29) is 89.2 Å². The van der Waals surface area contributed by atoms with Gasteiger partial charge in [0, 0.05) is 109 Å². The molecule has 94 heavy (non-hydrogen) atoms. The number of fused-ring (bicyclic) bond motifs is 4. The summed E-state index contributed by atoms with van der Waals surface area (Å²) in [6.45, 7) is 8.22. The maximum absolute atomic E-state index is 15.7. The van der Waals surface area contributed by atoms with Gasteiger partial charge in [0.25, 0.3) is 0 Å². The number of esters is 1. The number of dihydropyridines is 1. The number of carbonyl (C=O) groups excluding carboxylic acids is 3. The smallest absolute Gasteiger partial charge is 0.302 e. The fourth-order valence-corrected chi connectivity index (χ4v) is 17.5. The van der Waals surface area contributed by atoms with Gasteiger partial charge in [-0.2, -0.15) is 0 Å². The van der Waals surface area contributed by atoms with Gasteiger partial charge in [-0.1, -0.05) is 111 Å². The normalized spacial score (nSPS) is 25.4. The molecule has 0 unspecified atom stereocenters. The SMILES string of the molecule is COc1cc([C@H]2CC(=O)C[C@H](OC(C)=O)CC[C@@]34Cc5c[nH]cc5[C@@H](C#CCC3=CC=C[C@@H]4C)[C@@H](c3cccc(O)c3)C3=CCNC(=C3)N(CCC(C)=O)c3ccc4c5c(n2cc35)CC2(CCCC2)[C@H]4O)cc(O)c1Oc1cc(O)cc([C@@H]2c3ccccc3CC[C@H]2C)c1. The summed E-state index contributed by atoms with van der Waals surface area (Å²) < 4.78 is 21.3. The number of nitrogens with one attached hydrogen (secondary N) is 2. The average Bonchev–Trinajstić information content (AvgIpc) is 1.53. The number of phenols is 3. The summed E-state index contributed by atoms with van der Waals surface area (Å²) >= 11 is 0. The van der Waals surface area contributed by atoms with Crippen LogP contribution in [0.4, 0.5) is 5.69 Å². The number of aromatic nitrogens is 2. The van der Waals surface area contributed by atoms with Gasteiger partial charge in [-0.25, -0.2) is 0 Å². The number of aromatic amines is 1. The number of ketones is 2. The Morgan fingerprint density at radius 2 is 1.65 bits per heavy atom. The van der Waals surface area contributed by atoms with Gasteiger partial charge in [-0.15, -0.1) is 0 Å². The molecule has 14 heteroatoms. The van der Waals surface area contributed by atoms with Gasteiger partial charge in [0.2, 0.25) is 5.75 Å². The molecule has 14 rings (SSSR count). The van der Waals surface area contributed by atoms with E-state index in [1.165, 1.54) is 36.8 Å². The number of anilines is 1. The Morgan fingerprint density at radius 3 is 2.46 bits per heavy atom. The number of hydrogen-bond acceptors (Lipinski definition) is 12. The molecule has 2 spiro atoms. The molecule has 6 bridgehead atoms. The van der Waals surface area contributed by atoms with Crippen molar-refractivity contribution in [3.05, 3.63) is 207 Å². The van der Waals surface area contributed by atoms with Crippen molar-refractivity contribution in [3.8, 4) is 46.3 Å². The van der Waals surface area contributed by atoms with Crippen molar-refractivity contribution in [2.24, 2.45) is 22.7 Å². The molecular weight excluding hydrogens is 1180 g/mol. The third kappa shape index (κ3) is 11.5. The molecule has 5 aromatic carbocycles. The maximum atomic E-state index is 15.7. The number of allylic oxidation sites excluding steroid dienone is 6. The molecule has 9 atom stereocenters. The zero-order chi connectivity index (χ0) is 65.2. The standard InChI is InChI=1S/C80H84N4O10/c1-47-21-22-51-14-6-7-19-63(51)74(47)55-34-59(88)40-62(35-55)94-77-71(90)36-54(37-72(77)92-5)69-41-60(89)39-61(93-50(4)86)25-30-80-42-56-44-81-45-66(56)64(20-12-17-57(80)16-10-13-48(80)2)75(52-15-11-18-58(87)33-52)53-26-31-82-73(38-53)83(32-27-49(3)85)68-24-23-65-76-67(68)46-84(69)70(76)43-79(78(65)91)28-8-9-29-79/h6-7,10-11,13-16,18-19,23-24,26,33-38,40,44-48,61,64,69,74-75,78,81-82,87-88,90-91H,8-9,17,21-22,25,27-32,39,41-43H2,1-5H3/t47-,48+,61-,64-,69-,74-,75+,78+,80+/m1/s1. The molecule has 2 aliphatic heterocycles. The molecule has 1 fully saturated rings. The highest BCUT2D eigenvalue weighted by Crippen LogP contribution is 2.58. The zero-order valence-electron chi connectivity index (χ0n) is 54.3. The van der Waals surface area contributed by atoms with E-state index in [9.17, 15) is 30.0 Å². The summed E-state index contributed by atoms with van der Waals surface area (Å²) in [4.78, 5) is 48.2. The molecule has 14 nitrogen and oxygen atoms in total. The Balaban J connectivity index is 0.962. The lowest BCUT2D eigenvalue weighted by Gasteiger charge is -2.43. The van der Waals surface area contributed by atoms with Gasteiger partial charge in [0.1, 0.15) is 40.7 Å². The second-order valence-corrected chi connectivity index (χ2v) is 27.9. The fraction of sp³-hybridized carbons (Fsp3) is 0.388. The van der Waals surface area contributed by atoms with E-state index in [0.717, 1.165) is 99.9 Å². The minimum absolute atomic E-state index is 0.00170. The summed E-state index contributed by atoms with van der Waals surface area (Å²) in [6.07, 6.45) is 23.7. The van der Waals surface area contributed by atoms with Gasteiger partial charge in [0.15, 0.2) is 11.5 Å². The third-order valence-electron chi connectivity index (χ3n) is 22.1. The number of aromatic hydroxyl groups is 3. The van der Waals surface area contributed by atoms with Crippen LogP contribution in [0, 0.1) is 34.5 Å². The number of nitrogens with zero attached hydrogens (tertiary/aromatic N) is 2. The quantitative estimate of drug-likeness (QED) is 0.0561. The second kappa shape index (κ2) is 25.3. The Hall–Kier alpha value is -9.19. The van der Waals surface area contributed by atoms with Crippen LogP contribution in [0.2, 0.25) is 0 Å². The Bertz CT molecular complexity index is 4350. The van der Waals surface area contributed by atoms with E-state index in [2.05, 4.69) is 131 Å². The van der Waals surface area contributed by atoms with Crippen molar-refractivity contribution in [2.45, 2.75) is 154 Å². The molecule has 1 saturated carbocycles. The molecule has 0 amide bonds. The van der Waals surface area contributed by atoms with Gasteiger partial charge in [-0.05, 0) is 169 Å². The number of carbonyl (C=O) groups is 3. The first kappa shape index (κ1) is 62.3. The van der Waals surface area contributed by atoms with Crippen molar-refractivity contribution < 1.29 is 49.0 Å². The van der Waals surface area contributed by atoms with Crippen molar-refractivity contribution >= 4 is 34.0 Å². The van der Waals surface area contributed by atoms with Crippen LogP contribution in [0.15, 0.2) is 157 Å². The highest BCUT2D eigenvalue weighted by Gasteiger charge is 2.48. The average molecular weight is 1260 g/mol. The number of aliphatic hydroxyl groups excluding tert-OH is 1.